The van der Waals surface area contributed by atoms with Crippen molar-refractivity contribution < 1.29 is 27.8 Å². The molecular formula is C19H10ClF3N4O4. The fourth-order valence-corrected chi connectivity index (χ4v) is 3.14. The van der Waals surface area contributed by atoms with Crippen LogP contribution in [0.3, 0.4) is 0 Å². The highest BCUT2D eigenvalue weighted by Crippen LogP contribution is 2.26. The molecule has 0 aliphatic heterocycles. The molecule has 0 fully saturated rings. The molecule has 0 spiro atoms. The summed E-state index contributed by atoms with van der Waals surface area (Å²) in [7, 11) is 0. The molecule has 0 saturated carbocycles. The molecule has 158 valence electrons. The first-order valence-corrected chi connectivity index (χ1v) is 8.88. The summed E-state index contributed by atoms with van der Waals surface area (Å²) in [5.41, 5.74) is -0.946. The van der Waals surface area contributed by atoms with Crippen LogP contribution in [0, 0.1) is 0 Å². The maximum Gasteiger partial charge on any atom is 0.573 e. The van der Waals surface area contributed by atoms with Gasteiger partial charge in [0.15, 0.2) is 0 Å². The second-order valence-electron chi connectivity index (χ2n) is 6.21. The van der Waals surface area contributed by atoms with E-state index in [1.807, 2.05) is 0 Å². The number of aromatic carboxylic acids is 1. The van der Waals surface area contributed by atoms with Gasteiger partial charge in [0.25, 0.3) is 0 Å². The maximum absolute atomic E-state index is 12.9. The molecule has 2 heterocycles. The Morgan fingerprint density at radius 2 is 1.84 bits per heavy atom. The number of fused-ring (bicyclic) bond motifs is 1. The van der Waals surface area contributed by atoms with Crippen molar-refractivity contribution in [1.29, 1.82) is 0 Å². The van der Waals surface area contributed by atoms with Crippen LogP contribution < -0.4 is 10.2 Å². The molecule has 12 heteroatoms. The van der Waals surface area contributed by atoms with Gasteiger partial charge in [0.2, 0.25) is 11.1 Å². The molecule has 0 saturated heterocycles. The van der Waals surface area contributed by atoms with Crippen LogP contribution in [0.25, 0.3) is 22.3 Å². The Bertz CT molecular complexity index is 1360. The average molecular weight is 451 g/mol. The van der Waals surface area contributed by atoms with E-state index < -0.39 is 29.2 Å². The summed E-state index contributed by atoms with van der Waals surface area (Å²) in [4.78, 5) is 24.5. The van der Waals surface area contributed by atoms with Crippen molar-refractivity contribution in [2.75, 3.05) is 0 Å². The lowest BCUT2D eigenvalue weighted by Gasteiger charge is -2.14. The number of benzene rings is 2. The number of alkyl halides is 3. The van der Waals surface area contributed by atoms with E-state index >= 15 is 0 Å². The van der Waals surface area contributed by atoms with E-state index in [2.05, 4.69) is 14.9 Å². The van der Waals surface area contributed by atoms with Crippen LogP contribution in [-0.4, -0.2) is 37.0 Å². The molecule has 0 amide bonds. The minimum atomic E-state index is -4.86. The predicted molar refractivity (Wildman–Crippen MR) is 103 cm³/mol. The number of ether oxygens (including phenoxy) is 1. The number of carbonyl (C=O) groups is 1. The van der Waals surface area contributed by atoms with Gasteiger partial charge in [-0.2, -0.15) is 10.2 Å². The number of carboxylic acids is 1. The summed E-state index contributed by atoms with van der Waals surface area (Å²) in [5.74, 6) is -2.03. The first kappa shape index (κ1) is 20.4. The molecule has 31 heavy (non-hydrogen) atoms. The van der Waals surface area contributed by atoms with E-state index in [9.17, 15) is 27.9 Å². The van der Waals surface area contributed by atoms with E-state index in [0.717, 1.165) is 16.8 Å². The number of carboxylic acid groups (broad SMARTS) is 1. The second kappa shape index (κ2) is 7.43. The van der Waals surface area contributed by atoms with Gasteiger partial charge >= 0.3 is 12.3 Å². The van der Waals surface area contributed by atoms with Gasteiger partial charge in [0.1, 0.15) is 5.75 Å². The van der Waals surface area contributed by atoms with E-state index in [-0.39, 0.29) is 22.3 Å². The van der Waals surface area contributed by atoms with Crippen molar-refractivity contribution in [2.24, 2.45) is 0 Å². The summed E-state index contributed by atoms with van der Waals surface area (Å²) in [5, 5.41) is 17.7. The third-order valence-electron chi connectivity index (χ3n) is 4.21. The molecule has 0 atom stereocenters. The van der Waals surface area contributed by atoms with Gasteiger partial charge in [0, 0.05) is 6.20 Å². The van der Waals surface area contributed by atoms with Gasteiger partial charge in [-0.05, 0) is 36.4 Å². The Morgan fingerprint density at radius 3 is 2.42 bits per heavy atom. The zero-order chi connectivity index (χ0) is 22.3. The number of hydrogen-bond acceptors (Lipinski definition) is 5. The number of nitrogens with zero attached hydrogens (tertiary/aromatic N) is 4. The van der Waals surface area contributed by atoms with Crippen molar-refractivity contribution in [3.63, 3.8) is 0 Å². The Kier molecular flexibility index (Phi) is 4.90. The molecule has 0 unspecified atom stereocenters. The van der Waals surface area contributed by atoms with Crippen molar-refractivity contribution in [2.45, 2.75) is 6.36 Å². The number of halogens is 4. The second-order valence-corrected chi connectivity index (χ2v) is 6.65. The van der Waals surface area contributed by atoms with Crippen LogP contribution in [0.4, 0.5) is 13.2 Å². The summed E-state index contributed by atoms with van der Waals surface area (Å²) in [6.07, 6.45) is -2.08. The number of aromatic nitrogens is 4. The van der Waals surface area contributed by atoms with E-state index in [1.54, 1.807) is 12.1 Å². The molecule has 8 nitrogen and oxygen atoms in total. The van der Waals surface area contributed by atoms with Gasteiger partial charge < -0.3 is 9.84 Å². The molecule has 4 rings (SSSR count). The van der Waals surface area contributed by atoms with Crippen molar-refractivity contribution in [3.8, 4) is 17.1 Å². The smallest absolute Gasteiger partial charge is 0.476 e. The van der Waals surface area contributed by atoms with Gasteiger partial charge in [0.05, 0.1) is 33.5 Å². The van der Waals surface area contributed by atoms with Gasteiger partial charge in [-0.25, -0.2) is 14.2 Å². The van der Waals surface area contributed by atoms with Crippen LogP contribution >= 0.6 is 11.6 Å². The molecule has 2 aromatic carbocycles. The van der Waals surface area contributed by atoms with E-state index in [0.29, 0.717) is 5.02 Å². The summed E-state index contributed by atoms with van der Waals surface area (Å²) < 4.78 is 43.5. The fraction of sp³-hybridized carbons (Fsp3) is 0.0526. The van der Waals surface area contributed by atoms with E-state index in [4.69, 9.17) is 11.6 Å². The lowest BCUT2D eigenvalue weighted by atomic mass is 10.1. The Hall–Kier alpha value is -3.86. The average Bonchev–Trinajstić information content (AvgIpc) is 3.13. The summed E-state index contributed by atoms with van der Waals surface area (Å²) in [6, 6.07) is 9.25. The lowest BCUT2D eigenvalue weighted by Crippen LogP contribution is -2.23. The van der Waals surface area contributed by atoms with Crippen LogP contribution in [0.2, 0.25) is 5.02 Å². The summed E-state index contributed by atoms with van der Waals surface area (Å²) >= 11 is 5.91. The van der Waals surface area contributed by atoms with Gasteiger partial charge in [-0.15, -0.1) is 13.2 Å². The number of hydrogen-bond donors (Lipinski definition) is 1. The Morgan fingerprint density at radius 1 is 1.13 bits per heavy atom. The van der Waals surface area contributed by atoms with E-state index in [1.165, 1.54) is 35.3 Å². The predicted octanol–water partition coefficient (Wildman–Crippen LogP) is 3.82. The van der Waals surface area contributed by atoms with Gasteiger partial charge in [-0.3, -0.25) is 4.79 Å². The number of rotatable bonds is 4. The molecule has 2 aromatic heterocycles. The first-order valence-electron chi connectivity index (χ1n) is 8.50. The highest BCUT2D eigenvalue weighted by Gasteiger charge is 2.31. The van der Waals surface area contributed by atoms with Crippen LogP contribution in [0.15, 0.2) is 59.7 Å². The maximum atomic E-state index is 12.9. The summed E-state index contributed by atoms with van der Waals surface area (Å²) in [6.45, 7) is 0. The quantitative estimate of drug-likeness (QED) is 0.507. The molecule has 0 aliphatic carbocycles. The Balaban J connectivity index is 1.97. The third-order valence-corrected chi connectivity index (χ3v) is 4.40. The van der Waals surface area contributed by atoms with Crippen LogP contribution in [0.5, 0.6) is 5.75 Å². The minimum absolute atomic E-state index is 0.00900. The molecular weight excluding hydrogens is 441 g/mol. The van der Waals surface area contributed by atoms with Crippen molar-refractivity contribution >= 4 is 28.5 Å². The highest BCUT2D eigenvalue weighted by atomic mass is 35.5. The first-order chi connectivity index (χ1) is 14.6. The molecule has 4 aromatic rings. The SMILES string of the molecule is O=C(O)c1nn(-c2ccc(OC(F)(F)F)cc2)c2cccc(-n3cc(Cl)cn3)c2c1=O. The minimum Gasteiger partial charge on any atom is -0.476 e. The van der Waals surface area contributed by atoms with Gasteiger partial charge in [-0.1, -0.05) is 17.7 Å². The third kappa shape index (κ3) is 3.94. The molecule has 1 N–H and O–H groups in total. The normalized spacial score (nSPS) is 11.6. The monoisotopic (exact) mass is 450 g/mol. The van der Waals surface area contributed by atoms with Crippen LogP contribution in [-0.2, 0) is 0 Å². The topological polar surface area (TPSA) is 99.2 Å². The highest BCUT2D eigenvalue weighted by molar-refractivity contribution is 6.30. The molecule has 0 aliphatic rings. The largest absolute Gasteiger partial charge is 0.573 e. The standard InChI is InChI=1S/C19H10ClF3N4O4/c20-10-8-24-26(9-10)13-2-1-3-14-15(13)17(28)16(18(29)30)25-27(14)11-4-6-12(7-5-11)31-19(21,22)23/h1-9H,(H,29,30). The zero-order valence-electron chi connectivity index (χ0n) is 15.2. The van der Waals surface area contributed by atoms with Crippen molar-refractivity contribution in [3.05, 3.63) is 75.8 Å². The molecule has 0 radical (unpaired) electrons. The zero-order valence-corrected chi connectivity index (χ0v) is 15.9. The van der Waals surface area contributed by atoms with Crippen LogP contribution in [0.1, 0.15) is 10.5 Å². The van der Waals surface area contributed by atoms with Crippen molar-refractivity contribution in [1.82, 2.24) is 19.6 Å². The molecule has 0 bridgehead atoms. The Labute approximate surface area is 175 Å². The fourth-order valence-electron chi connectivity index (χ4n) is 3.00. The lowest BCUT2D eigenvalue weighted by molar-refractivity contribution is -0.274.